The zero-order chi connectivity index (χ0) is 13.2. The molecular formula is C14H12ClN3O. The van der Waals surface area contributed by atoms with Crippen LogP contribution in [0.2, 0.25) is 5.02 Å². The second kappa shape index (κ2) is 4.82. The second-order valence-corrected chi connectivity index (χ2v) is 4.58. The number of benzene rings is 1. The van der Waals surface area contributed by atoms with Crippen molar-refractivity contribution in [3.63, 3.8) is 0 Å². The third-order valence-corrected chi connectivity index (χ3v) is 3.05. The Morgan fingerprint density at radius 2 is 2.05 bits per heavy atom. The fraction of sp³-hybridized carbons (Fsp3) is 0.0714. The molecule has 4 nitrogen and oxygen atoms in total. The summed E-state index contributed by atoms with van der Waals surface area (Å²) in [6.45, 7) is 0.385. The number of fused-ring (bicyclic) bond motifs is 1. The number of imidazole rings is 1. The number of aromatic nitrogens is 2. The SMILES string of the molecule is Nc1cccc2ncc(COc3cccc(Cl)c3)n12. The van der Waals surface area contributed by atoms with Gasteiger partial charge in [-0.3, -0.25) is 4.40 Å². The summed E-state index contributed by atoms with van der Waals surface area (Å²) in [6.07, 6.45) is 1.76. The summed E-state index contributed by atoms with van der Waals surface area (Å²) >= 11 is 5.91. The van der Waals surface area contributed by atoms with Gasteiger partial charge in [0, 0.05) is 5.02 Å². The van der Waals surface area contributed by atoms with Crippen molar-refractivity contribution < 1.29 is 4.74 Å². The van der Waals surface area contributed by atoms with Gasteiger partial charge in [0.25, 0.3) is 0 Å². The normalized spacial score (nSPS) is 10.8. The monoisotopic (exact) mass is 273 g/mol. The van der Waals surface area contributed by atoms with E-state index in [0.29, 0.717) is 17.4 Å². The van der Waals surface area contributed by atoms with E-state index in [1.165, 1.54) is 0 Å². The lowest BCUT2D eigenvalue weighted by Crippen LogP contribution is -2.03. The highest BCUT2D eigenvalue weighted by Gasteiger charge is 2.06. The van der Waals surface area contributed by atoms with E-state index in [1.807, 2.05) is 34.7 Å². The molecule has 0 aliphatic rings. The molecule has 0 fully saturated rings. The van der Waals surface area contributed by atoms with Crippen molar-refractivity contribution in [3.8, 4) is 5.75 Å². The van der Waals surface area contributed by atoms with Gasteiger partial charge in [-0.05, 0) is 30.3 Å². The molecular weight excluding hydrogens is 262 g/mol. The molecule has 0 bridgehead atoms. The van der Waals surface area contributed by atoms with Crippen LogP contribution < -0.4 is 10.5 Å². The van der Waals surface area contributed by atoms with Crippen LogP contribution in [-0.4, -0.2) is 9.38 Å². The molecule has 2 aromatic heterocycles. The Morgan fingerprint density at radius 1 is 1.21 bits per heavy atom. The highest BCUT2D eigenvalue weighted by molar-refractivity contribution is 6.30. The van der Waals surface area contributed by atoms with E-state index in [0.717, 1.165) is 17.1 Å². The number of nitrogens with zero attached hydrogens (tertiary/aromatic N) is 2. The Morgan fingerprint density at radius 3 is 2.89 bits per heavy atom. The highest BCUT2D eigenvalue weighted by Crippen LogP contribution is 2.19. The fourth-order valence-corrected chi connectivity index (χ4v) is 2.12. The minimum Gasteiger partial charge on any atom is -0.487 e. The zero-order valence-electron chi connectivity index (χ0n) is 10.1. The fourth-order valence-electron chi connectivity index (χ4n) is 1.94. The Balaban J connectivity index is 1.86. The molecule has 0 saturated heterocycles. The number of anilines is 1. The van der Waals surface area contributed by atoms with Crippen LogP contribution in [-0.2, 0) is 6.61 Å². The number of hydrogen-bond donors (Lipinski definition) is 1. The maximum absolute atomic E-state index is 5.94. The Hall–Kier alpha value is -2.20. The smallest absolute Gasteiger partial charge is 0.138 e. The third kappa shape index (κ3) is 2.35. The number of pyridine rings is 1. The van der Waals surface area contributed by atoms with Crippen molar-refractivity contribution in [2.75, 3.05) is 5.73 Å². The number of ether oxygens (including phenoxy) is 1. The van der Waals surface area contributed by atoms with Gasteiger partial charge in [0.2, 0.25) is 0 Å². The van der Waals surface area contributed by atoms with Crippen LogP contribution in [0.1, 0.15) is 5.69 Å². The first-order chi connectivity index (χ1) is 9.24. The summed E-state index contributed by atoms with van der Waals surface area (Å²) in [5.74, 6) is 1.36. The largest absolute Gasteiger partial charge is 0.487 e. The van der Waals surface area contributed by atoms with Gasteiger partial charge in [-0.25, -0.2) is 4.98 Å². The molecule has 0 aliphatic heterocycles. The predicted octanol–water partition coefficient (Wildman–Crippen LogP) is 3.15. The second-order valence-electron chi connectivity index (χ2n) is 4.14. The van der Waals surface area contributed by atoms with Crippen molar-refractivity contribution in [2.24, 2.45) is 0 Å². The molecule has 5 heteroatoms. The first kappa shape index (κ1) is 11.9. The Kier molecular flexibility index (Phi) is 3.01. The highest BCUT2D eigenvalue weighted by atomic mass is 35.5. The van der Waals surface area contributed by atoms with Gasteiger partial charge in [0.15, 0.2) is 0 Å². The number of hydrogen-bond acceptors (Lipinski definition) is 3. The topological polar surface area (TPSA) is 52.5 Å². The minimum atomic E-state index is 0.385. The van der Waals surface area contributed by atoms with E-state index in [9.17, 15) is 0 Å². The van der Waals surface area contributed by atoms with Crippen molar-refractivity contribution in [1.82, 2.24) is 9.38 Å². The maximum atomic E-state index is 5.94. The lowest BCUT2D eigenvalue weighted by atomic mass is 10.3. The predicted molar refractivity (Wildman–Crippen MR) is 75.4 cm³/mol. The van der Waals surface area contributed by atoms with Gasteiger partial charge < -0.3 is 10.5 Å². The molecule has 0 amide bonds. The van der Waals surface area contributed by atoms with E-state index in [4.69, 9.17) is 22.1 Å². The first-order valence-electron chi connectivity index (χ1n) is 5.83. The minimum absolute atomic E-state index is 0.385. The molecule has 0 spiro atoms. The van der Waals surface area contributed by atoms with E-state index in [2.05, 4.69) is 4.98 Å². The zero-order valence-corrected chi connectivity index (χ0v) is 10.8. The summed E-state index contributed by atoms with van der Waals surface area (Å²) in [5, 5.41) is 0.648. The standard InChI is InChI=1S/C14H12ClN3O/c15-10-3-1-4-12(7-10)19-9-11-8-17-14-6-2-5-13(16)18(11)14/h1-8H,9,16H2. The molecule has 0 radical (unpaired) electrons. The van der Waals surface area contributed by atoms with Gasteiger partial charge in [0.05, 0.1) is 11.9 Å². The van der Waals surface area contributed by atoms with Crippen molar-refractivity contribution in [2.45, 2.75) is 6.61 Å². The average molecular weight is 274 g/mol. The van der Waals surface area contributed by atoms with Gasteiger partial charge in [-0.1, -0.05) is 23.7 Å². The summed E-state index contributed by atoms with van der Waals surface area (Å²) in [6, 6.07) is 12.9. The van der Waals surface area contributed by atoms with E-state index < -0.39 is 0 Å². The summed E-state index contributed by atoms with van der Waals surface area (Å²) < 4.78 is 7.56. The molecule has 2 heterocycles. The molecule has 1 aromatic carbocycles. The molecule has 3 aromatic rings. The number of nitrogens with two attached hydrogens (primary N) is 1. The molecule has 2 N–H and O–H groups in total. The lowest BCUT2D eigenvalue weighted by molar-refractivity contribution is 0.300. The lowest BCUT2D eigenvalue weighted by Gasteiger charge is -2.07. The van der Waals surface area contributed by atoms with Gasteiger partial charge in [-0.15, -0.1) is 0 Å². The van der Waals surface area contributed by atoms with E-state index >= 15 is 0 Å². The third-order valence-electron chi connectivity index (χ3n) is 2.82. The van der Waals surface area contributed by atoms with Crippen LogP contribution in [0.4, 0.5) is 5.82 Å². The maximum Gasteiger partial charge on any atom is 0.138 e. The van der Waals surface area contributed by atoms with Crippen LogP contribution in [0.25, 0.3) is 5.65 Å². The quantitative estimate of drug-likeness (QED) is 0.797. The Labute approximate surface area is 115 Å². The molecule has 0 saturated carbocycles. The summed E-state index contributed by atoms with van der Waals surface area (Å²) in [4.78, 5) is 4.29. The molecule has 0 atom stereocenters. The Bertz CT molecular complexity index is 724. The number of rotatable bonds is 3. The van der Waals surface area contributed by atoms with E-state index in [-0.39, 0.29) is 0 Å². The summed E-state index contributed by atoms with van der Waals surface area (Å²) in [7, 11) is 0. The first-order valence-corrected chi connectivity index (χ1v) is 6.21. The number of nitrogen functional groups attached to an aromatic ring is 1. The molecule has 19 heavy (non-hydrogen) atoms. The van der Waals surface area contributed by atoms with Gasteiger partial charge in [-0.2, -0.15) is 0 Å². The van der Waals surface area contributed by atoms with Crippen LogP contribution in [0, 0.1) is 0 Å². The van der Waals surface area contributed by atoms with Crippen LogP contribution in [0.15, 0.2) is 48.7 Å². The van der Waals surface area contributed by atoms with Crippen molar-refractivity contribution in [1.29, 1.82) is 0 Å². The van der Waals surface area contributed by atoms with Crippen molar-refractivity contribution in [3.05, 3.63) is 59.4 Å². The average Bonchev–Trinajstić information content (AvgIpc) is 2.81. The van der Waals surface area contributed by atoms with Crippen LogP contribution in [0.3, 0.4) is 0 Å². The molecule has 0 unspecified atom stereocenters. The van der Waals surface area contributed by atoms with Gasteiger partial charge >= 0.3 is 0 Å². The van der Waals surface area contributed by atoms with Crippen molar-refractivity contribution >= 4 is 23.1 Å². The van der Waals surface area contributed by atoms with Gasteiger partial charge in [0.1, 0.15) is 23.8 Å². The molecule has 0 aliphatic carbocycles. The molecule has 3 rings (SSSR count). The van der Waals surface area contributed by atoms with E-state index in [1.54, 1.807) is 18.3 Å². The van der Waals surface area contributed by atoms with Crippen LogP contribution in [0.5, 0.6) is 5.75 Å². The van der Waals surface area contributed by atoms with Crippen LogP contribution >= 0.6 is 11.6 Å². The number of halogens is 1. The molecule has 96 valence electrons. The summed E-state index contributed by atoms with van der Waals surface area (Å²) in [5.41, 5.74) is 7.65.